The first-order chi connectivity index (χ1) is 13.9. The van der Waals surface area contributed by atoms with Crippen LogP contribution in [-0.2, 0) is 11.3 Å². The minimum Gasteiger partial charge on any atom is -0.453 e. The highest BCUT2D eigenvalue weighted by molar-refractivity contribution is 5.81. The Labute approximate surface area is 163 Å². The molecule has 0 radical (unpaired) electrons. The summed E-state index contributed by atoms with van der Waals surface area (Å²) in [6, 6.07) is 14.5. The van der Waals surface area contributed by atoms with E-state index in [1.807, 2.05) is 43.0 Å². The van der Waals surface area contributed by atoms with Crippen molar-refractivity contribution in [3.05, 3.63) is 72.8 Å². The maximum Gasteiger partial charge on any atom is 0.176 e. The largest absolute Gasteiger partial charge is 0.453 e. The Morgan fingerprint density at radius 3 is 2.64 bits per heavy atom. The summed E-state index contributed by atoms with van der Waals surface area (Å²) >= 11 is 0. The Balaban J connectivity index is 1.49. The van der Waals surface area contributed by atoms with E-state index in [2.05, 4.69) is 43.7 Å². The van der Waals surface area contributed by atoms with E-state index >= 15 is 0 Å². The molecule has 4 heterocycles. The minimum atomic E-state index is 0.226. The fraction of sp³-hybridized carbons (Fsp3) is 0.273. The topological polar surface area (TPSA) is 56.3 Å². The zero-order chi connectivity index (χ0) is 18.8. The van der Waals surface area contributed by atoms with E-state index in [-0.39, 0.29) is 6.04 Å². The van der Waals surface area contributed by atoms with Crippen molar-refractivity contribution >= 4 is 11.0 Å². The van der Waals surface area contributed by atoms with Gasteiger partial charge in [-0.05, 0) is 29.8 Å². The summed E-state index contributed by atoms with van der Waals surface area (Å²) in [5.74, 6) is 1.64. The van der Waals surface area contributed by atoms with Crippen LogP contribution in [0.2, 0.25) is 0 Å². The van der Waals surface area contributed by atoms with E-state index in [0.29, 0.717) is 0 Å². The van der Waals surface area contributed by atoms with Gasteiger partial charge in [0.05, 0.1) is 19.3 Å². The van der Waals surface area contributed by atoms with Crippen LogP contribution in [0.15, 0.2) is 71.7 Å². The Morgan fingerprint density at radius 2 is 1.82 bits per heavy atom. The first-order valence-corrected chi connectivity index (χ1v) is 9.60. The molecule has 0 saturated carbocycles. The van der Waals surface area contributed by atoms with Crippen molar-refractivity contribution in [2.24, 2.45) is 0 Å². The molecule has 0 aliphatic carbocycles. The van der Waals surface area contributed by atoms with Gasteiger partial charge in [0, 0.05) is 49.8 Å². The van der Waals surface area contributed by atoms with Crippen molar-refractivity contribution in [1.29, 1.82) is 0 Å². The summed E-state index contributed by atoms with van der Waals surface area (Å²) in [7, 11) is 0. The zero-order valence-electron chi connectivity index (χ0n) is 15.6. The molecule has 0 amide bonds. The van der Waals surface area contributed by atoms with E-state index in [0.717, 1.165) is 55.4 Å². The molecule has 142 valence electrons. The van der Waals surface area contributed by atoms with Crippen LogP contribution in [0.25, 0.3) is 22.6 Å². The Morgan fingerprint density at radius 1 is 1.00 bits per heavy atom. The fourth-order valence-corrected chi connectivity index (χ4v) is 3.87. The molecule has 1 fully saturated rings. The van der Waals surface area contributed by atoms with Crippen molar-refractivity contribution in [2.75, 3.05) is 26.3 Å². The molecule has 5 rings (SSSR count). The average molecular weight is 374 g/mol. The first kappa shape index (κ1) is 17.2. The van der Waals surface area contributed by atoms with E-state index < -0.39 is 0 Å². The lowest BCUT2D eigenvalue weighted by Crippen LogP contribution is -2.40. The van der Waals surface area contributed by atoms with Crippen LogP contribution >= 0.6 is 0 Å². The van der Waals surface area contributed by atoms with Crippen LogP contribution in [-0.4, -0.2) is 45.7 Å². The summed E-state index contributed by atoms with van der Waals surface area (Å²) in [5.41, 5.74) is 2.13. The molecule has 6 nitrogen and oxygen atoms in total. The molecule has 1 saturated heterocycles. The third-order valence-electron chi connectivity index (χ3n) is 5.31. The van der Waals surface area contributed by atoms with E-state index in [1.165, 1.54) is 5.56 Å². The van der Waals surface area contributed by atoms with Crippen LogP contribution in [0.1, 0.15) is 11.6 Å². The smallest absolute Gasteiger partial charge is 0.176 e. The third kappa shape index (κ3) is 3.32. The summed E-state index contributed by atoms with van der Waals surface area (Å²) in [4.78, 5) is 11.2. The highest BCUT2D eigenvalue weighted by atomic mass is 16.5. The molecule has 4 aromatic rings. The summed E-state index contributed by atoms with van der Waals surface area (Å²) in [5, 5.41) is 1.09. The second-order valence-electron chi connectivity index (χ2n) is 7.00. The molecule has 0 unspecified atom stereocenters. The lowest BCUT2D eigenvalue weighted by Gasteiger charge is -2.35. The van der Waals surface area contributed by atoms with Gasteiger partial charge in [0.15, 0.2) is 11.6 Å². The van der Waals surface area contributed by atoms with Gasteiger partial charge in [-0.2, -0.15) is 0 Å². The van der Waals surface area contributed by atoms with Crippen molar-refractivity contribution < 1.29 is 9.15 Å². The van der Waals surface area contributed by atoms with E-state index in [4.69, 9.17) is 9.15 Å². The molecule has 6 heteroatoms. The van der Waals surface area contributed by atoms with Gasteiger partial charge in [-0.25, -0.2) is 4.98 Å². The van der Waals surface area contributed by atoms with Gasteiger partial charge in [-0.15, -0.1) is 0 Å². The molecule has 0 spiro atoms. The second-order valence-corrected chi connectivity index (χ2v) is 7.00. The second kappa shape index (κ2) is 7.58. The van der Waals surface area contributed by atoms with Crippen molar-refractivity contribution in [3.63, 3.8) is 0 Å². The first-order valence-electron chi connectivity index (χ1n) is 9.60. The summed E-state index contributed by atoms with van der Waals surface area (Å²) in [6.45, 7) is 4.16. The number of morpholine rings is 1. The molecule has 3 aromatic heterocycles. The van der Waals surface area contributed by atoms with Gasteiger partial charge in [0.1, 0.15) is 5.58 Å². The Hall–Kier alpha value is -2.96. The highest BCUT2D eigenvalue weighted by Crippen LogP contribution is 2.29. The third-order valence-corrected chi connectivity index (χ3v) is 5.31. The molecular weight excluding hydrogens is 352 g/mol. The predicted octanol–water partition coefficient (Wildman–Crippen LogP) is 3.76. The van der Waals surface area contributed by atoms with Gasteiger partial charge in [0.2, 0.25) is 0 Å². The normalized spacial score (nSPS) is 16.4. The number of benzene rings is 1. The lowest BCUT2D eigenvalue weighted by molar-refractivity contribution is 0.0124. The number of imidazole rings is 1. The number of furan rings is 1. The number of nitrogens with zero attached hydrogens (tertiary/aromatic N) is 4. The molecule has 28 heavy (non-hydrogen) atoms. The van der Waals surface area contributed by atoms with Gasteiger partial charge in [-0.3, -0.25) is 9.88 Å². The van der Waals surface area contributed by atoms with Gasteiger partial charge < -0.3 is 13.7 Å². The predicted molar refractivity (Wildman–Crippen MR) is 107 cm³/mol. The molecule has 1 aromatic carbocycles. The fourth-order valence-electron chi connectivity index (χ4n) is 3.87. The number of pyridine rings is 1. The van der Waals surface area contributed by atoms with Crippen LogP contribution in [0, 0.1) is 0 Å². The zero-order valence-corrected chi connectivity index (χ0v) is 15.6. The number of para-hydroxylation sites is 1. The molecule has 0 bridgehead atoms. The van der Waals surface area contributed by atoms with Crippen molar-refractivity contribution in [3.8, 4) is 11.6 Å². The number of aromatic nitrogens is 3. The summed E-state index contributed by atoms with van der Waals surface area (Å²) < 4.78 is 13.8. The van der Waals surface area contributed by atoms with E-state index in [1.54, 1.807) is 0 Å². The van der Waals surface area contributed by atoms with Crippen LogP contribution in [0.5, 0.6) is 0 Å². The van der Waals surface area contributed by atoms with Crippen LogP contribution < -0.4 is 0 Å². The summed E-state index contributed by atoms with van der Waals surface area (Å²) in [6.07, 6.45) is 7.58. The number of ether oxygens (including phenoxy) is 1. The SMILES string of the molecule is c1ccc2oc(-c3nccn3C[C@H](c3ccncc3)N3CCOCC3)cc2c1. The van der Waals surface area contributed by atoms with Crippen molar-refractivity contribution in [2.45, 2.75) is 12.6 Å². The standard InChI is InChI=1S/C22H22N4O2/c1-2-4-20-18(3-1)15-21(28-20)22-24-9-10-26(22)16-19(17-5-7-23-8-6-17)25-11-13-27-14-12-25/h1-10,15,19H,11-14,16H2/t19-/m1/s1. The van der Waals surface area contributed by atoms with Gasteiger partial charge >= 0.3 is 0 Å². The van der Waals surface area contributed by atoms with Crippen LogP contribution in [0.3, 0.4) is 0 Å². The lowest BCUT2D eigenvalue weighted by atomic mass is 10.1. The molecule has 1 aliphatic rings. The van der Waals surface area contributed by atoms with E-state index in [9.17, 15) is 0 Å². The molecular formula is C22H22N4O2. The number of rotatable bonds is 5. The molecule has 1 atom stereocenters. The highest BCUT2D eigenvalue weighted by Gasteiger charge is 2.24. The van der Waals surface area contributed by atoms with Crippen molar-refractivity contribution in [1.82, 2.24) is 19.4 Å². The molecule has 0 N–H and O–H groups in total. The Kier molecular flexibility index (Phi) is 4.64. The maximum atomic E-state index is 6.06. The molecule has 1 aliphatic heterocycles. The average Bonchev–Trinajstić information content (AvgIpc) is 3.39. The number of hydrogen-bond donors (Lipinski definition) is 0. The number of hydrogen-bond acceptors (Lipinski definition) is 5. The quantitative estimate of drug-likeness (QED) is 0.532. The monoisotopic (exact) mass is 374 g/mol. The Bertz CT molecular complexity index is 1020. The van der Waals surface area contributed by atoms with Gasteiger partial charge in [0.25, 0.3) is 0 Å². The number of fused-ring (bicyclic) bond motifs is 1. The maximum absolute atomic E-state index is 6.06. The van der Waals surface area contributed by atoms with Crippen LogP contribution in [0.4, 0.5) is 0 Å². The minimum absolute atomic E-state index is 0.226. The van der Waals surface area contributed by atoms with Gasteiger partial charge in [-0.1, -0.05) is 18.2 Å².